The highest BCUT2D eigenvalue weighted by atomic mass is 32.2. The van der Waals surface area contributed by atoms with Crippen molar-refractivity contribution < 1.29 is 26.4 Å². The van der Waals surface area contributed by atoms with E-state index in [0.717, 1.165) is 31.2 Å². The average Bonchev–Trinajstić information content (AvgIpc) is 2.69. The molecule has 1 atom stereocenters. The topological polar surface area (TPSA) is 87.3 Å². The van der Waals surface area contributed by atoms with Gasteiger partial charge in [0.15, 0.2) is 11.6 Å². The summed E-state index contributed by atoms with van der Waals surface area (Å²) in [5, 5.41) is 5.70. The molecule has 0 aliphatic carbocycles. The molecule has 2 aromatic carbocycles. The van der Waals surface area contributed by atoms with E-state index in [4.69, 9.17) is 0 Å². The predicted molar refractivity (Wildman–Crippen MR) is 120 cm³/mol. The molecule has 0 aromatic heterocycles. The first-order valence-electron chi connectivity index (χ1n) is 9.99. The number of carbonyl (C=O) groups excluding carboxylic acids is 1. The van der Waals surface area contributed by atoms with E-state index < -0.39 is 45.1 Å². The summed E-state index contributed by atoms with van der Waals surface area (Å²) in [6.07, 6.45) is 5.40. The van der Waals surface area contributed by atoms with Crippen molar-refractivity contribution in [3.63, 3.8) is 0 Å². The normalized spacial score (nSPS) is 12.6. The molecule has 0 spiro atoms. The summed E-state index contributed by atoms with van der Waals surface area (Å²) >= 11 is 0. The van der Waals surface area contributed by atoms with E-state index in [-0.39, 0.29) is 5.56 Å². The molecule has 10 heteroatoms. The van der Waals surface area contributed by atoms with Crippen molar-refractivity contribution in [3.8, 4) is 0 Å². The summed E-state index contributed by atoms with van der Waals surface area (Å²) in [7, 11) is -3.86. The fourth-order valence-corrected chi connectivity index (χ4v) is 3.43. The number of hydrogen-bond acceptors (Lipinski definition) is 4. The van der Waals surface area contributed by atoms with Gasteiger partial charge in [-0.2, -0.15) is 0 Å². The smallest absolute Gasteiger partial charge is 0.244 e. The fraction of sp³-hybridized carbons (Fsp3) is 0.318. The van der Waals surface area contributed by atoms with E-state index in [9.17, 15) is 26.4 Å². The molecule has 0 saturated heterocycles. The Morgan fingerprint density at radius 2 is 1.78 bits per heavy atom. The number of anilines is 2. The Hall–Kier alpha value is -3.01. The number of carbonyl (C=O) groups is 1. The van der Waals surface area contributed by atoms with Crippen molar-refractivity contribution in [1.29, 1.82) is 0 Å². The van der Waals surface area contributed by atoms with Gasteiger partial charge in [-0.1, -0.05) is 13.3 Å². The molecular formula is C22H26F3N3O3S. The molecule has 3 N–H and O–H groups in total. The number of sulfonamides is 1. The van der Waals surface area contributed by atoms with Crippen LogP contribution in [0.2, 0.25) is 0 Å². The highest BCUT2D eigenvalue weighted by Gasteiger charge is 2.18. The lowest BCUT2D eigenvalue weighted by Crippen LogP contribution is -2.25. The molecule has 0 aliphatic rings. The van der Waals surface area contributed by atoms with Crippen LogP contribution < -0.4 is 15.4 Å². The minimum absolute atomic E-state index is 0.115. The lowest BCUT2D eigenvalue weighted by atomic mass is 10.1. The average molecular weight is 470 g/mol. The highest BCUT2D eigenvalue weighted by Crippen LogP contribution is 2.25. The Labute approximate surface area is 186 Å². The minimum Gasteiger partial charge on any atom is -0.384 e. The van der Waals surface area contributed by atoms with E-state index >= 15 is 0 Å². The summed E-state index contributed by atoms with van der Waals surface area (Å²) in [6, 6.07) is 5.28. The van der Waals surface area contributed by atoms with Crippen LogP contribution in [0.5, 0.6) is 0 Å². The van der Waals surface area contributed by atoms with Crippen LogP contribution in [0, 0.1) is 17.5 Å². The van der Waals surface area contributed by atoms with Crippen molar-refractivity contribution in [2.45, 2.75) is 32.7 Å². The van der Waals surface area contributed by atoms with Crippen LogP contribution >= 0.6 is 0 Å². The van der Waals surface area contributed by atoms with E-state index in [0.29, 0.717) is 17.8 Å². The third-order valence-corrected chi connectivity index (χ3v) is 5.06. The van der Waals surface area contributed by atoms with Gasteiger partial charge >= 0.3 is 0 Å². The molecule has 0 aliphatic heterocycles. The fourth-order valence-electron chi connectivity index (χ4n) is 2.86. The number of amides is 1. The van der Waals surface area contributed by atoms with Crippen LogP contribution in [-0.4, -0.2) is 27.1 Å². The second-order valence-corrected chi connectivity index (χ2v) is 9.06. The largest absolute Gasteiger partial charge is 0.384 e. The van der Waals surface area contributed by atoms with Gasteiger partial charge < -0.3 is 10.6 Å². The van der Waals surface area contributed by atoms with Gasteiger partial charge in [0.05, 0.1) is 12.3 Å². The summed E-state index contributed by atoms with van der Waals surface area (Å²) < 4.78 is 66.2. The van der Waals surface area contributed by atoms with Gasteiger partial charge in [-0.25, -0.2) is 21.6 Å². The van der Waals surface area contributed by atoms with Crippen LogP contribution in [0.1, 0.15) is 43.9 Å². The summed E-state index contributed by atoms with van der Waals surface area (Å²) in [4.78, 5) is 12.3. The molecule has 32 heavy (non-hydrogen) atoms. The van der Waals surface area contributed by atoms with E-state index in [1.54, 1.807) is 4.72 Å². The van der Waals surface area contributed by atoms with Gasteiger partial charge in [0.1, 0.15) is 11.5 Å². The molecule has 6 nitrogen and oxygen atoms in total. The van der Waals surface area contributed by atoms with E-state index in [2.05, 4.69) is 10.6 Å². The lowest BCUT2D eigenvalue weighted by molar-refractivity contribution is -0.117. The molecule has 174 valence electrons. The minimum atomic E-state index is -3.86. The first-order valence-corrected chi connectivity index (χ1v) is 11.9. The van der Waals surface area contributed by atoms with Crippen molar-refractivity contribution in [3.05, 3.63) is 65.0 Å². The van der Waals surface area contributed by atoms with Crippen molar-refractivity contribution in [2.75, 3.05) is 22.8 Å². The van der Waals surface area contributed by atoms with Crippen molar-refractivity contribution >= 4 is 33.4 Å². The standard InChI is InChI=1S/C22H26F3N3O3S/c1-4-5-10-26-20-13-17(23)8-6-15(20)7-9-21(29)27-14(2)16-11-18(24)22(19(25)12-16)28-32(3,30)31/h6-9,11-14,26,28H,4-5,10H2,1-3H3,(H,27,29)/b9-7-/t14-/m1/s1. The Morgan fingerprint density at radius 1 is 1.12 bits per heavy atom. The monoisotopic (exact) mass is 469 g/mol. The van der Waals surface area contributed by atoms with Crippen LogP contribution in [0.15, 0.2) is 36.4 Å². The van der Waals surface area contributed by atoms with Crippen LogP contribution in [0.4, 0.5) is 24.5 Å². The maximum Gasteiger partial charge on any atom is 0.244 e. The molecular weight excluding hydrogens is 443 g/mol. The maximum atomic E-state index is 14.2. The van der Waals surface area contributed by atoms with Gasteiger partial charge in [-0.3, -0.25) is 9.52 Å². The second-order valence-electron chi connectivity index (χ2n) is 7.31. The predicted octanol–water partition coefficient (Wildman–Crippen LogP) is 4.58. The molecule has 2 rings (SSSR count). The number of halogens is 3. The molecule has 0 bridgehead atoms. The zero-order valence-corrected chi connectivity index (χ0v) is 18.8. The molecule has 0 radical (unpaired) electrons. The highest BCUT2D eigenvalue weighted by molar-refractivity contribution is 7.92. The summed E-state index contributed by atoms with van der Waals surface area (Å²) in [5.41, 5.74) is 0.492. The number of rotatable bonds is 10. The van der Waals surface area contributed by atoms with Gasteiger partial charge in [-0.15, -0.1) is 0 Å². The van der Waals surface area contributed by atoms with Gasteiger partial charge in [-0.05, 0) is 60.9 Å². The van der Waals surface area contributed by atoms with E-state index in [1.807, 2.05) is 6.92 Å². The third kappa shape index (κ3) is 7.60. The second kappa shape index (κ2) is 11.0. The van der Waals surface area contributed by atoms with Gasteiger partial charge in [0, 0.05) is 18.3 Å². The zero-order valence-electron chi connectivity index (χ0n) is 18.0. The molecule has 0 unspecified atom stereocenters. The quantitative estimate of drug-likeness (QED) is 0.351. The molecule has 0 heterocycles. The Balaban J connectivity index is 2.11. The van der Waals surface area contributed by atoms with Crippen LogP contribution in [0.3, 0.4) is 0 Å². The number of hydrogen-bond donors (Lipinski definition) is 3. The van der Waals surface area contributed by atoms with Gasteiger partial charge in [0.2, 0.25) is 15.9 Å². The Kier molecular flexibility index (Phi) is 8.71. The first-order chi connectivity index (χ1) is 15.0. The Morgan fingerprint density at radius 3 is 2.38 bits per heavy atom. The Bertz CT molecular complexity index is 1080. The maximum absolute atomic E-state index is 14.2. The van der Waals surface area contributed by atoms with Crippen molar-refractivity contribution in [1.82, 2.24) is 5.32 Å². The molecule has 0 saturated carbocycles. The zero-order chi connectivity index (χ0) is 23.9. The number of unbranched alkanes of at least 4 members (excludes halogenated alkanes) is 1. The lowest BCUT2D eigenvalue weighted by Gasteiger charge is -2.15. The molecule has 2 aromatic rings. The van der Waals surface area contributed by atoms with Gasteiger partial charge in [0.25, 0.3) is 0 Å². The first kappa shape index (κ1) is 25.3. The number of benzene rings is 2. The van der Waals surface area contributed by atoms with Crippen LogP contribution in [-0.2, 0) is 14.8 Å². The van der Waals surface area contributed by atoms with Crippen molar-refractivity contribution in [2.24, 2.45) is 0 Å². The summed E-state index contributed by atoms with van der Waals surface area (Å²) in [5.74, 6) is -3.13. The number of nitrogens with one attached hydrogen (secondary N) is 3. The molecule has 1 amide bonds. The van der Waals surface area contributed by atoms with E-state index in [1.165, 1.54) is 37.3 Å². The third-order valence-electron chi connectivity index (χ3n) is 4.49. The summed E-state index contributed by atoms with van der Waals surface area (Å²) in [6.45, 7) is 4.22. The van der Waals surface area contributed by atoms with Crippen LogP contribution in [0.25, 0.3) is 6.08 Å². The molecule has 0 fully saturated rings. The SMILES string of the molecule is CCCCNc1cc(F)ccc1/C=C\C(=O)N[C@H](C)c1cc(F)c(NS(C)(=O)=O)c(F)c1.